The van der Waals surface area contributed by atoms with E-state index in [1.807, 2.05) is 0 Å². The lowest BCUT2D eigenvalue weighted by molar-refractivity contribution is 0.126. The summed E-state index contributed by atoms with van der Waals surface area (Å²) in [7, 11) is 0. The Morgan fingerprint density at radius 3 is 2.46 bits per heavy atom. The number of hydrogen-bond acceptors (Lipinski definition) is 6. The van der Waals surface area contributed by atoms with E-state index in [1.54, 1.807) is 4.90 Å². The second-order valence-corrected chi connectivity index (χ2v) is 9.00. The van der Waals surface area contributed by atoms with Crippen molar-refractivity contribution in [2.75, 3.05) is 40.9 Å². The van der Waals surface area contributed by atoms with Crippen LogP contribution in [0.2, 0.25) is 0 Å². The quantitative estimate of drug-likeness (QED) is 0.705. The normalized spacial score (nSPS) is 23.7. The first kappa shape index (κ1) is 17.7. The summed E-state index contributed by atoms with van der Waals surface area (Å²) in [5, 5.41) is 7.91. The van der Waals surface area contributed by atoms with E-state index in [-0.39, 0.29) is 29.9 Å². The van der Waals surface area contributed by atoms with Gasteiger partial charge in [-0.25, -0.2) is 13.6 Å². The summed E-state index contributed by atoms with van der Waals surface area (Å²) in [6.07, 6.45) is 1.85. The third-order valence-electron chi connectivity index (χ3n) is 5.32. The number of cyclic esters (lactones) is 1. The van der Waals surface area contributed by atoms with E-state index >= 15 is 0 Å². The second-order valence-electron chi connectivity index (χ2n) is 7.54. The maximum Gasteiger partial charge on any atom is 0.414 e. The van der Waals surface area contributed by atoms with Crippen LogP contribution in [0.25, 0.3) is 0 Å². The molecule has 3 fully saturated rings. The van der Waals surface area contributed by atoms with E-state index < -0.39 is 35.0 Å². The van der Waals surface area contributed by atoms with Crippen LogP contribution < -0.4 is 9.80 Å². The predicted molar refractivity (Wildman–Crippen MR) is 96.5 cm³/mol. The number of carbonyl (C=O) groups excluding carboxylic acids is 1. The summed E-state index contributed by atoms with van der Waals surface area (Å²) in [5.41, 5.74) is -0.0499. The van der Waals surface area contributed by atoms with Crippen LogP contribution in [0.3, 0.4) is 0 Å². The highest BCUT2D eigenvalue weighted by atomic mass is 32.2. The second kappa shape index (κ2) is 6.31. The molecule has 0 unspecified atom stereocenters. The van der Waals surface area contributed by atoms with Crippen molar-refractivity contribution in [3.8, 4) is 0 Å². The molecule has 1 spiro atoms. The van der Waals surface area contributed by atoms with Gasteiger partial charge in [-0.3, -0.25) is 4.90 Å². The molecule has 0 bridgehead atoms. The van der Waals surface area contributed by atoms with Crippen molar-refractivity contribution in [1.82, 2.24) is 15.0 Å². The Kier molecular flexibility index (Phi) is 3.98. The van der Waals surface area contributed by atoms with E-state index in [0.29, 0.717) is 24.6 Å². The average Bonchev–Trinajstić information content (AvgIpc) is 3.20. The summed E-state index contributed by atoms with van der Waals surface area (Å²) in [6.45, 7) is 1.40. The van der Waals surface area contributed by atoms with Crippen molar-refractivity contribution in [3.05, 3.63) is 36.2 Å². The molecule has 4 heterocycles. The van der Waals surface area contributed by atoms with Gasteiger partial charge in [-0.2, -0.15) is 15.0 Å². The van der Waals surface area contributed by atoms with Gasteiger partial charge in [0.1, 0.15) is 23.3 Å². The van der Waals surface area contributed by atoms with Crippen molar-refractivity contribution in [3.63, 3.8) is 0 Å². The summed E-state index contributed by atoms with van der Waals surface area (Å²) >= 11 is -0.800. The van der Waals surface area contributed by atoms with Gasteiger partial charge in [0.2, 0.25) is 0 Å². The molecule has 0 saturated carbocycles. The highest BCUT2D eigenvalue weighted by Crippen LogP contribution is 2.45. The third-order valence-corrected chi connectivity index (χ3v) is 7.19. The first-order chi connectivity index (χ1) is 13.4. The molecule has 0 radical (unpaired) electrons. The molecule has 1 atom stereocenters. The van der Waals surface area contributed by atoms with Crippen LogP contribution in [0.15, 0.2) is 24.5 Å². The first-order valence-electron chi connectivity index (χ1n) is 8.84. The van der Waals surface area contributed by atoms with E-state index in [2.05, 4.69) is 10.2 Å². The zero-order chi connectivity index (χ0) is 19.5. The largest absolute Gasteiger partial charge is 0.616 e. The first-order valence-corrected chi connectivity index (χ1v) is 10.3. The van der Waals surface area contributed by atoms with Crippen molar-refractivity contribution in [1.29, 1.82) is 0 Å². The Labute approximate surface area is 162 Å². The van der Waals surface area contributed by atoms with Crippen LogP contribution in [0, 0.1) is 17.0 Å². The van der Waals surface area contributed by atoms with Crippen LogP contribution in [-0.2, 0) is 22.5 Å². The molecule has 3 aliphatic rings. The van der Waals surface area contributed by atoms with Crippen LogP contribution >= 0.6 is 0 Å². The lowest BCUT2D eigenvalue weighted by atomic mass is 9.82. The van der Waals surface area contributed by atoms with E-state index in [0.717, 1.165) is 12.1 Å². The van der Waals surface area contributed by atoms with Gasteiger partial charge >= 0.3 is 6.09 Å². The summed E-state index contributed by atoms with van der Waals surface area (Å²) in [6, 6.07) is 2.30. The summed E-state index contributed by atoms with van der Waals surface area (Å²) in [5.74, 6) is -0.265. The Hall–Kier alpha value is -2.40. The lowest BCUT2D eigenvalue weighted by Gasteiger charge is -2.55. The molecule has 1 aromatic heterocycles. The molecule has 0 aliphatic carbocycles. The molecule has 11 heteroatoms. The standard InChI is InChI=1S/C17H17F2N5O3S/c18-13-3-11(23-5-12(27-16(23)25)6-24-20-1-2-21-24)4-14(19)15(13)22-7-17(8-22)9-28(26)10-17/h1-4,12H,5-10H2/t12-/m1/s1. The fourth-order valence-electron chi connectivity index (χ4n) is 4.10. The lowest BCUT2D eigenvalue weighted by Crippen LogP contribution is -2.68. The Morgan fingerprint density at radius 2 is 1.86 bits per heavy atom. The number of carbonyl (C=O) groups is 1. The Morgan fingerprint density at radius 1 is 1.21 bits per heavy atom. The van der Waals surface area contributed by atoms with Crippen molar-refractivity contribution in [2.45, 2.75) is 12.6 Å². The molecule has 0 N–H and O–H groups in total. The molecule has 148 valence electrons. The predicted octanol–water partition coefficient (Wildman–Crippen LogP) is 1.15. The topological polar surface area (TPSA) is 86.6 Å². The molecule has 5 rings (SSSR count). The monoisotopic (exact) mass is 409 g/mol. The number of anilines is 2. The molecule has 1 amide bonds. The SMILES string of the molecule is O=C1O[C@@H](Cn2nccn2)CN1c1cc(F)c(N2CC3(C2)C[S+]([O-])C3)c(F)c1. The maximum atomic E-state index is 14.7. The minimum atomic E-state index is -0.800. The number of amides is 1. The fourth-order valence-corrected chi connectivity index (χ4v) is 5.75. The smallest absolute Gasteiger partial charge is 0.414 e. The molecule has 8 nitrogen and oxygen atoms in total. The van der Waals surface area contributed by atoms with Gasteiger partial charge in [0.25, 0.3) is 0 Å². The van der Waals surface area contributed by atoms with Gasteiger partial charge in [-0.05, 0) is 0 Å². The van der Waals surface area contributed by atoms with E-state index in [9.17, 15) is 18.1 Å². The van der Waals surface area contributed by atoms with Gasteiger partial charge in [-0.1, -0.05) is 11.2 Å². The number of halogens is 2. The molecule has 28 heavy (non-hydrogen) atoms. The van der Waals surface area contributed by atoms with E-state index in [1.165, 1.54) is 22.1 Å². The average molecular weight is 409 g/mol. The van der Waals surface area contributed by atoms with Gasteiger partial charge in [0.15, 0.2) is 11.6 Å². The minimum absolute atomic E-state index is 0.0606. The molecule has 1 aromatic carbocycles. The van der Waals surface area contributed by atoms with Crippen LogP contribution in [0.5, 0.6) is 0 Å². The Bertz CT molecular complexity index is 891. The molecular weight excluding hydrogens is 392 g/mol. The minimum Gasteiger partial charge on any atom is -0.616 e. The number of rotatable bonds is 4. The molecule has 2 aromatic rings. The molecule has 3 aliphatic heterocycles. The maximum absolute atomic E-state index is 14.7. The highest BCUT2D eigenvalue weighted by Gasteiger charge is 2.57. The zero-order valence-corrected chi connectivity index (χ0v) is 15.6. The van der Waals surface area contributed by atoms with Crippen LogP contribution in [-0.4, -0.2) is 62.9 Å². The molecule has 3 saturated heterocycles. The number of ether oxygens (including phenoxy) is 1. The van der Waals surface area contributed by atoms with Crippen LogP contribution in [0.4, 0.5) is 25.0 Å². The fraction of sp³-hybridized carbons (Fsp3) is 0.471. The number of aromatic nitrogens is 3. The van der Waals surface area contributed by atoms with Crippen LogP contribution in [0.1, 0.15) is 0 Å². The number of hydrogen-bond donors (Lipinski definition) is 0. The third kappa shape index (κ3) is 2.89. The van der Waals surface area contributed by atoms with E-state index in [4.69, 9.17) is 4.74 Å². The van der Waals surface area contributed by atoms with Gasteiger partial charge in [0, 0.05) is 25.2 Å². The summed E-state index contributed by atoms with van der Waals surface area (Å²) < 4.78 is 45.9. The number of benzene rings is 1. The van der Waals surface area contributed by atoms with Gasteiger partial charge in [-0.15, -0.1) is 0 Å². The van der Waals surface area contributed by atoms with Gasteiger partial charge in [0.05, 0.1) is 36.6 Å². The Balaban J connectivity index is 1.30. The highest BCUT2D eigenvalue weighted by molar-refractivity contribution is 7.92. The summed E-state index contributed by atoms with van der Waals surface area (Å²) in [4.78, 5) is 16.4. The van der Waals surface area contributed by atoms with Crippen molar-refractivity contribution >= 4 is 28.6 Å². The zero-order valence-electron chi connectivity index (χ0n) is 14.8. The number of nitrogens with zero attached hydrogens (tertiary/aromatic N) is 5. The van der Waals surface area contributed by atoms with Crippen molar-refractivity contribution < 1.29 is 22.9 Å². The van der Waals surface area contributed by atoms with Crippen molar-refractivity contribution in [2.24, 2.45) is 5.41 Å². The molecular formula is C17H17F2N5O3S. The van der Waals surface area contributed by atoms with Gasteiger partial charge < -0.3 is 14.2 Å².